The van der Waals surface area contributed by atoms with Crippen molar-refractivity contribution in [3.63, 3.8) is 0 Å². The number of hydrogen-bond donors (Lipinski definition) is 2. The lowest BCUT2D eigenvalue weighted by Gasteiger charge is -2.31. The van der Waals surface area contributed by atoms with Gasteiger partial charge in [0.1, 0.15) is 0 Å². The van der Waals surface area contributed by atoms with E-state index in [4.69, 9.17) is 10.8 Å². The fourth-order valence-electron chi connectivity index (χ4n) is 2.53. The molecular formula is C12H22N2O3. The Morgan fingerprint density at radius 1 is 1.35 bits per heavy atom. The van der Waals surface area contributed by atoms with Gasteiger partial charge in [-0.25, -0.2) is 0 Å². The zero-order valence-corrected chi connectivity index (χ0v) is 10.4. The summed E-state index contributed by atoms with van der Waals surface area (Å²) in [6.45, 7) is 0.891. The minimum Gasteiger partial charge on any atom is -0.481 e. The molecule has 0 heterocycles. The molecule has 0 aliphatic heterocycles. The summed E-state index contributed by atoms with van der Waals surface area (Å²) < 4.78 is 0. The highest BCUT2D eigenvalue weighted by atomic mass is 16.4. The summed E-state index contributed by atoms with van der Waals surface area (Å²) in [4.78, 5) is 24.3. The largest absolute Gasteiger partial charge is 0.481 e. The van der Waals surface area contributed by atoms with Gasteiger partial charge in [0.05, 0.1) is 5.41 Å². The minimum absolute atomic E-state index is 0.0860. The van der Waals surface area contributed by atoms with E-state index in [0.717, 1.165) is 25.7 Å². The summed E-state index contributed by atoms with van der Waals surface area (Å²) in [6, 6.07) is 0. The van der Waals surface area contributed by atoms with Gasteiger partial charge in [-0.2, -0.15) is 0 Å². The normalized spacial score (nSPS) is 18.0. The van der Waals surface area contributed by atoms with Gasteiger partial charge in [0.15, 0.2) is 0 Å². The van der Waals surface area contributed by atoms with Crippen LogP contribution in [0.5, 0.6) is 0 Å². The Labute approximate surface area is 102 Å². The summed E-state index contributed by atoms with van der Waals surface area (Å²) in [5.41, 5.74) is 5.37. The number of carbonyl (C=O) groups excluding carboxylic acids is 1. The number of nitrogens with zero attached hydrogens (tertiary/aromatic N) is 1. The summed E-state index contributed by atoms with van der Waals surface area (Å²) in [7, 11) is 1.74. The maximum absolute atomic E-state index is 12.3. The maximum atomic E-state index is 12.3. The van der Waals surface area contributed by atoms with Gasteiger partial charge in [-0.05, 0) is 19.3 Å². The molecular weight excluding hydrogens is 220 g/mol. The molecule has 0 aromatic carbocycles. The molecule has 5 heteroatoms. The third kappa shape index (κ3) is 3.43. The third-order valence-corrected chi connectivity index (χ3v) is 3.64. The third-order valence-electron chi connectivity index (χ3n) is 3.64. The average Bonchev–Trinajstić information content (AvgIpc) is 2.77. The number of carboxylic acids is 1. The molecule has 1 amide bonds. The Kier molecular flexibility index (Phi) is 4.93. The van der Waals surface area contributed by atoms with Crippen LogP contribution in [-0.2, 0) is 9.59 Å². The summed E-state index contributed by atoms with van der Waals surface area (Å²) in [6.07, 6.45) is 4.46. The molecule has 0 radical (unpaired) electrons. The van der Waals surface area contributed by atoms with Gasteiger partial charge in [0, 0.05) is 26.6 Å². The Morgan fingerprint density at radius 2 is 1.94 bits per heavy atom. The van der Waals surface area contributed by atoms with Crippen LogP contribution < -0.4 is 5.73 Å². The average molecular weight is 242 g/mol. The Hall–Kier alpha value is -1.10. The highest BCUT2D eigenvalue weighted by Gasteiger charge is 2.41. The second-order valence-corrected chi connectivity index (χ2v) is 4.92. The van der Waals surface area contributed by atoms with Crippen molar-refractivity contribution in [3.8, 4) is 0 Å². The van der Waals surface area contributed by atoms with Crippen LogP contribution in [0, 0.1) is 5.41 Å². The lowest BCUT2D eigenvalue weighted by atomic mass is 9.84. The predicted octanol–water partition coefficient (Wildman–Crippen LogP) is 0.829. The highest BCUT2D eigenvalue weighted by molar-refractivity contribution is 5.83. The predicted molar refractivity (Wildman–Crippen MR) is 64.5 cm³/mol. The minimum atomic E-state index is -0.819. The van der Waals surface area contributed by atoms with E-state index >= 15 is 0 Å². The van der Waals surface area contributed by atoms with Gasteiger partial charge in [-0.15, -0.1) is 0 Å². The second kappa shape index (κ2) is 6.00. The molecule has 0 aromatic rings. The van der Waals surface area contributed by atoms with E-state index in [1.807, 2.05) is 0 Å². The summed E-state index contributed by atoms with van der Waals surface area (Å²) in [5, 5.41) is 8.55. The lowest BCUT2D eigenvalue weighted by Crippen LogP contribution is -2.45. The molecule has 1 aliphatic carbocycles. The van der Waals surface area contributed by atoms with E-state index in [2.05, 4.69) is 0 Å². The van der Waals surface area contributed by atoms with Crippen LogP contribution >= 0.6 is 0 Å². The first kappa shape index (κ1) is 14.0. The van der Waals surface area contributed by atoms with Gasteiger partial charge < -0.3 is 15.7 Å². The summed E-state index contributed by atoms with van der Waals surface area (Å²) >= 11 is 0. The van der Waals surface area contributed by atoms with Crippen LogP contribution in [0.2, 0.25) is 0 Å². The number of carbonyl (C=O) groups is 2. The van der Waals surface area contributed by atoms with E-state index in [1.165, 1.54) is 0 Å². The van der Waals surface area contributed by atoms with Crippen LogP contribution in [0.4, 0.5) is 0 Å². The molecule has 1 rings (SSSR count). The molecule has 0 atom stereocenters. The van der Waals surface area contributed by atoms with Crippen molar-refractivity contribution >= 4 is 11.9 Å². The molecule has 0 unspecified atom stereocenters. The first-order valence-corrected chi connectivity index (χ1v) is 6.19. The fourth-order valence-corrected chi connectivity index (χ4v) is 2.53. The van der Waals surface area contributed by atoms with Crippen molar-refractivity contribution in [2.75, 3.05) is 20.1 Å². The van der Waals surface area contributed by atoms with Crippen molar-refractivity contribution in [1.29, 1.82) is 0 Å². The Morgan fingerprint density at radius 3 is 2.41 bits per heavy atom. The lowest BCUT2D eigenvalue weighted by molar-refractivity contribution is -0.141. The molecule has 0 saturated heterocycles. The van der Waals surface area contributed by atoms with Gasteiger partial charge in [0.2, 0.25) is 5.91 Å². The van der Waals surface area contributed by atoms with Crippen molar-refractivity contribution < 1.29 is 14.7 Å². The van der Waals surface area contributed by atoms with Gasteiger partial charge in [-0.1, -0.05) is 12.8 Å². The van der Waals surface area contributed by atoms with Crippen LogP contribution in [-0.4, -0.2) is 42.0 Å². The first-order chi connectivity index (χ1) is 8.02. The van der Waals surface area contributed by atoms with E-state index in [0.29, 0.717) is 19.5 Å². The molecule has 17 heavy (non-hydrogen) atoms. The SMILES string of the molecule is CN(CCCC(=O)O)C(=O)C1(CN)CCCC1. The maximum Gasteiger partial charge on any atom is 0.303 e. The molecule has 98 valence electrons. The van der Waals surface area contributed by atoms with Crippen LogP contribution in [0.1, 0.15) is 38.5 Å². The second-order valence-electron chi connectivity index (χ2n) is 4.92. The van der Waals surface area contributed by atoms with E-state index < -0.39 is 5.97 Å². The number of carboxylic acid groups (broad SMARTS) is 1. The summed E-state index contributed by atoms with van der Waals surface area (Å²) in [5.74, 6) is -0.733. The van der Waals surface area contributed by atoms with E-state index in [-0.39, 0.29) is 17.7 Å². The first-order valence-electron chi connectivity index (χ1n) is 6.19. The van der Waals surface area contributed by atoms with E-state index in [9.17, 15) is 9.59 Å². The zero-order chi connectivity index (χ0) is 12.9. The van der Waals surface area contributed by atoms with Gasteiger partial charge in [0.25, 0.3) is 0 Å². The standard InChI is InChI=1S/C12H22N2O3/c1-14(8-4-5-10(15)16)11(17)12(9-13)6-2-3-7-12/h2-9,13H2,1H3,(H,15,16). The molecule has 1 saturated carbocycles. The van der Waals surface area contributed by atoms with Crippen molar-refractivity contribution in [1.82, 2.24) is 4.90 Å². The van der Waals surface area contributed by atoms with Crippen LogP contribution in [0.15, 0.2) is 0 Å². The van der Waals surface area contributed by atoms with Crippen molar-refractivity contribution in [3.05, 3.63) is 0 Å². The van der Waals surface area contributed by atoms with Crippen molar-refractivity contribution in [2.45, 2.75) is 38.5 Å². The number of hydrogen-bond acceptors (Lipinski definition) is 3. The number of amides is 1. The number of rotatable bonds is 6. The molecule has 3 N–H and O–H groups in total. The highest BCUT2D eigenvalue weighted by Crippen LogP contribution is 2.38. The quantitative estimate of drug-likeness (QED) is 0.722. The van der Waals surface area contributed by atoms with Gasteiger partial charge >= 0.3 is 5.97 Å². The topological polar surface area (TPSA) is 83.6 Å². The number of aliphatic carboxylic acids is 1. The number of nitrogens with two attached hydrogens (primary N) is 1. The van der Waals surface area contributed by atoms with Gasteiger partial charge in [-0.3, -0.25) is 9.59 Å². The van der Waals surface area contributed by atoms with E-state index in [1.54, 1.807) is 11.9 Å². The zero-order valence-electron chi connectivity index (χ0n) is 10.4. The van der Waals surface area contributed by atoms with Crippen LogP contribution in [0.25, 0.3) is 0 Å². The van der Waals surface area contributed by atoms with Crippen LogP contribution in [0.3, 0.4) is 0 Å². The Balaban J connectivity index is 2.47. The molecule has 0 spiro atoms. The smallest absolute Gasteiger partial charge is 0.303 e. The molecule has 0 aromatic heterocycles. The molecule has 1 aliphatic rings. The van der Waals surface area contributed by atoms with Crippen molar-refractivity contribution in [2.24, 2.45) is 11.1 Å². The molecule has 0 bridgehead atoms. The monoisotopic (exact) mass is 242 g/mol. The Bertz CT molecular complexity index is 285. The molecule has 5 nitrogen and oxygen atoms in total. The molecule has 1 fully saturated rings. The fraction of sp³-hybridized carbons (Fsp3) is 0.833.